The molecular weight excluding hydrogens is 357 g/mol. The Morgan fingerprint density at radius 1 is 1.36 bits per heavy atom. The fourth-order valence-corrected chi connectivity index (χ4v) is 2.85. The summed E-state index contributed by atoms with van der Waals surface area (Å²) < 4.78 is 21.2. The minimum absolute atomic E-state index is 0.173. The van der Waals surface area contributed by atoms with Gasteiger partial charge in [-0.2, -0.15) is 0 Å². The van der Waals surface area contributed by atoms with Crippen molar-refractivity contribution in [1.82, 2.24) is 9.55 Å². The molecule has 1 aromatic carbocycles. The van der Waals surface area contributed by atoms with Crippen LogP contribution < -0.4 is 5.32 Å². The van der Waals surface area contributed by atoms with Gasteiger partial charge in [0.05, 0.1) is 30.0 Å². The van der Waals surface area contributed by atoms with Crippen LogP contribution in [0.3, 0.4) is 0 Å². The molecule has 6 heteroatoms. The van der Waals surface area contributed by atoms with E-state index < -0.39 is 11.8 Å². The molecule has 0 bridgehead atoms. The van der Waals surface area contributed by atoms with Gasteiger partial charge in [0.15, 0.2) is 5.69 Å². The molecule has 0 spiro atoms. The molecule has 5 nitrogen and oxygen atoms in total. The number of esters is 1. The molecule has 0 saturated heterocycles. The third-order valence-corrected chi connectivity index (χ3v) is 3.97. The number of fused-ring (bicyclic) bond motifs is 1. The Labute approximate surface area is 164 Å². The van der Waals surface area contributed by atoms with Crippen LogP contribution >= 0.6 is 0 Å². The van der Waals surface area contributed by atoms with Crippen molar-refractivity contribution in [3.05, 3.63) is 53.7 Å². The summed E-state index contributed by atoms with van der Waals surface area (Å²) >= 11 is 0. The van der Waals surface area contributed by atoms with Crippen molar-refractivity contribution in [3.8, 4) is 12.3 Å². The number of ether oxygens (including phenoxy) is 1. The van der Waals surface area contributed by atoms with Crippen molar-refractivity contribution in [1.29, 1.82) is 0 Å². The number of pyridine rings is 1. The Kier molecular flexibility index (Phi) is 7.16. The zero-order valence-corrected chi connectivity index (χ0v) is 16.5. The Morgan fingerprint density at radius 3 is 2.75 bits per heavy atom. The normalized spacial score (nSPS) is 10.0. The standard InChI is InChI=1S/C20H18FN3O2.C2H6/c1-4-10-24-17-8-9-22-12-14(17)18(19(24)20(25)26-5-2)23-16-7-6-13(3)11-15(16)21;1-2/h1,6-9,11-12,23H,5,10H2,2-3H3;1-2H3. The van der Waals surface area contributed by atoms with Crippen LogP contribution in [0.5, 0.6) is 0 Å². The number of carbonyl (C=O) groups excluding carboxylic acids is 1. The van der Waals surface area contributed by atoms with Gasteiger partial charge in [-0.15, -0.1) is 6.42 Å². The molecule has 2 aromatic heterocycles. The topological polar surface area (TPSA) is 56.1 Å². The van der Waals surface area contributed by atoms with Crippen LogP contribution in [-0.4, -0.2) is 22.1 Å². The SMILES string of the molecule is C#CCn1c(C(=O)OCC)c(Nc2ccc(C)cc2F)c2cnccc21.CC. The predicted molar refractivity (Wildman–Crippen MR) is 110 cm³/mol. The Bertz CT molecular complexity index is 1020. The molecule has 146 valence electrons. The summed E-state index contributed by atoms with van der Waals surface area (Å²) in [4.78, 5) is 16.7. The summed E-state index contributed by atoms with van der Waals surface area (Å²) in [6.45, 7) is 7.92. The van der Waals surface area contributed by atoms with Crippen molar-refractivity contribution in [2.24, 2.45) is 0 Å². The van der Waals surface area contributed by atoms with Crippen molar-refractivity contribution in [2.75, 3.05) is 11.9 Å². The molecule has 0 amide bonds. The molecule has 1 N–H and O–H groups in total. The quantitative estimate of drug-likeness (QED) is 0.496. The van der Waals surface area contributed by atoms with Gasteiger partial charge in [-0.3, -0.25) is 4.98 Å². The highest BCUT2D eigenvalue weighted by molar-refractivity contribution is 6.07. The van der Waals surface area contributed by atoms with E-state index in [1.807, 2.05) is 13.8 Å². The highest BCUT2D eigenvalue weighted by Gasteiger charge is 2.24. The number of hydrogen-bond acceptors (Lipinski definition) is 4. The average molecular weight is 381 g/mol. The van der Waals surface area contributed by atoms with E-state index in [0.29, 0.717) is 11.1 Å². The van der Waals surface area contributed by atoms with Crippen molar-refractivity contribution in [2.45, 2.75) is 34.2 Å². The van der Waals surface area contributed by atoms with Gasteiger partial charge < -0.3 is 14.6 Å². The highest BCUT2D eigenvalue weighted by Crippen LogP contribution is 2.34. The molecule has 0 radical (unpaired) electrons. The Hall–Kier alpha value is -3.33. The van der Waals surface area contributed by atoms with E-state index >= 15 is 0 Å². The first kappa shape index (κ1) is 21.0. The molecular formula is C22H24FN3O2. The molecule has 0 aliphatic heterocycles. The van der Waals surface area contributed by atoms with Crippen molar-refractivity contribution >= 4 is 28.2 Å². The lowest BCUT2D eigenvalue weighted by Gasteiger charge is -2.11. The van der Waals surface area contributed by atoms with E-state index in [2.05, 4.69) is 16.2 Å². The van der Waals surface area contributed by atoms with Crippen LogP contribution in [0, 0.1) is 25.1 Å². The number of aryl methyl sites for hydroxylation is 1. The summed E-state index contributed by atoms with van der Waals surface area (Å²) in [6.07, 6.45) is 8.70. The highest BCUT2D eigenvalue weighted by atomic mass is 19.1. The minimum atomic E-state index is -0.533. The average Bonchev–Trinajstić information content (AvgIpc) is 3.00. The molecule has 0 saturated carbocycles. The van der Waals surface area contributed by atoms with Crippen LogP contribution in [-0.2, 0) is 11.3 Å². The molecule has 2 heterocycles. The predicted octanol–water partition coefficient (Wildman–Crippen LogP) is 5.06. The van der Waals surface area contributed by atoms with Crippen molar-refractivity contribution in [3.63, 3.8) is 0 Å². The first-order valence-corrected chi connectivity index (χ1v) is 9.16. The fraction of sp³-hybridized carbons (Fsp3) is 0.273. The molecule has 0 unspecified atom stereocenters. The third kappa shape index (κ3) is 4.15. The van der Waals surface area contributed by atoms with Crippen LogP contribution in [0.1, 0.15) is 36.8 Å². The third-order valence-electron chi connectivity index (χ3n) is 3.97. The number of carbonyl (C=O) groups is 1. The first-order chi connectivity index (χ1) is 13.6. The van der Waals surface area contributed by atoms with E-state index in [-0.39, 0.29) is 24.5 Å². The van der Waals surface area contributed by atoms with Crippen molar-refractivity contribution < 1.29 is 13.9 Å². The smallest absolute Gasteiger partial charge is 0.357 e. The van der Waals surface area contributed by atoms with E-state index in [1.54, 1.807) is 49.0 Å². The van der Waals surface area contributed by atoms with E-state index in [9.17, 15) is 9.18 Å². The number of benzene rings is 1. The monoisotopic (exact) mass is 381 g/mol. The number of nitrogens with one attached hydrogen (secondary N) is 1. The molecule has 0 atom stereocenters. The molecule has 28 heavy (non-hydrogen) atoms. The number of rotatable bonds is 5. The zero-order valence-electron chi connectivity index (χ0n) is 16.5. The second kappa shape index (κ2) is 9.56. The van der Waals surface area contributed by atoms with Crippen LogP contribution in [0.25, 0.3) is 10.9 Å². The van der Waals surface area contributed by atoms with Gasteiger partial charge in [0.1, 0.15) is 5.82 Å². The summed E-state index contributed by atoms with van der Waals surface area (Å²) in [5, 5.41) is 3.68. The lowest BCUT2D eigenvalue weighted by molar-refractivity contribution is 0.0516. The number of terminal acetylenes is 1. The lowest BCUT2D eigenvalue weighted by atomic mass is 10.2. The van der Waals surface area contributed by atoms with Crippen LogP contribution in [0.15, 0.2) is 36.7 Å². The molecule has 0 aliphatic rings. The molecule has 0 aliphatic carbocycles. The largest absolute Gasteiger partial charge is 0.461 e. The Morgan fingerprint density at radius 2 is 2.11 bits per heavy atom. The maximum absolute atomic E-state index is 14.3. The zero-order chi connectivity index (χ0) is 20.7. The number of halogens is 1. The summed E-state index contributed by atoms with van der Waals surface area (Å²) in [5.41, 5.74) is 2.44. The Balaban J connectivity index is 0.00000136. The number of aromatic nitrogens is 2. The number of hydrogen-bond donors (Lipinski definition) is 1. The summed E-state index contributed by atoms with van der Waals surface area (Å²) in [7, 11) is 0. The van der Waals surface area contributed by atoms with Gasteiger partial charge in [0, 0.05) is 17.8 Å². The lowest BCUT2D eigenvalue weighted by Crippen LogP contribution is -2.14. The van der Waals surface area contributed by atoms with E-state index in [4.69, 9.17) is 11.2 Å². The van der Waals surface area contributed by atoms with Crippen LogP contribution in [0.4, 0.5) is 15.8 Å². The van der Waals surface area contributed by atoms with E-state index in [0.717, 1.165) is 11.1 Å². The maximum Gasteiger partial charge on any atom is 0.357 e. The fourth-order valence-electron chi connectivity index (χ4n) is 2.85. The summed E-state index contributed by atoms with van der Waals surface area (Å²) in [5.74, 6) is 1.59. The van der Waals surface area contributed by atoms with Gasteiger partial charge in [-0.25, -0.2) is 9.18 Å². The molecule has 3 rings (SSSR count). The maximum atomic E-state index is 14.3. The molecule has 0 fully saturated rings. The second-order valence-corrected chi connectivity index (χ2v) is 5.74. The molecule has 3 aromatic rings. The minimum Gasteiger partial charge on any atom is -0.461 e. The number of anilines is 2. The van der Waals surface area contributed by atoms with Gasteiger partial charge >= 0.3 is 5.97 Å². The first-order valence-electron chi connectivity index (χ1n) is 9.16. The van der Waals surface area contributed by atoms with Gasteiger partial charge in [0.25, 0.3) is 0 Å². The van der Waals surface area contributed by atoms with Gasteiger partial charge in [0.2, 0.25) is 0 Å². The number of nitrogens with zero attached hydrogens (tertiary/aromatic N) is 2. The van der Waals surface area contributed by atoms with Crippen LogP contribution in [0.2, 0.25) is 0 Å². The van der Waals surface area contributed by atoms with Gasteiger partial charge in [-0.05, 0) is 37.6 Å². The second-order valence-electron chi connectivity index (χ2n) is 5.74. The van der Waals surface area contributed by atoms with Gasteiger partial charge in [-0.1, -0.05) is 25.8 Å². The van der Waals surface area contributed by atoms with E-state index in [1.165, 1.54) is 6.07 Å². The summed E-state index contributed by atoms with van der Waals surface area (Å²) in [6, 6.07) is 6.59.